The Hall–Kier alpha value is -2.56. The molecule has 192 valence electrons. The summed E-state index contributed by atoms with van der Waals surface area (Å²) in [5.74, 6) is 0. The van der Waals surface area contributed by atoms with Crippen molar-refractivity contribution in [2.75, 3.05) is 23.7 Å². The molecule has 1 heterocycles. The minimum absolute atomic E-state index is 0.0532. The Labute approximate surface area is 198 Å². The molecular formula is C24H27F6N3O2. The molecule has 2 aromatic carbocycles. The summed E-state index contributed by atoms with van der Waals surface area (Å²) < 4.78 is 78.8. The molecule has 35 heavy (non-hydrogen) atoms. The van der Waals surface area contributed by atoms with Crippen LogP contribution in [0.25, 0.3) is 0 Å². The number of nitrogens with zero attached hydrogens (tertiary/aromatic N) is 1. The Balaban J connectivity index is 1.52. The van der Waals surface area contributed by atoms with E-state index in [0.717, 1.165) is 51.6 Å². The summed E-state index contributed by atoms with van der Waals surface area (Å²) >= 11 is 0. The van der Waals surface area contributed by atoms with Crippen LogP contribution in [0.5, 0.6) is 0 Å². The zero-order chi connectivity index (χ0) is 25.4. The van der Waals surface area contributed by atoms with Crippen LogP contribution in [-0.4, -0.2) is 30.1 Å². The largest absolute Gasteiger partial charge is 0.416 e. The van der Waals surface area contributed by atoms with Crippen LogP contribution in [0.15, 0.2) is 27.8 Å². The minimum atomic E-state index is -4.96. The molecule has 1 saturated carbocycles. The first-order valence-corrected chi connectivity index (χ1v) is 11.8. The van der Waals surface area contributed by atoms with E-state index in [-0.39, 0.29) is 35.1 Å². The van der Waals surface area contributed by atoms with Gasteiger partial charge in [0, 0.05) is 18.6 Å². The number of alkyl halides is 6. The van der Waals surface area contributed by atoms with Gasteiger partial charge < -0.3 is 10.6 Å². The summed E-state index contributed by atoms with van der Waals surface area (Å²) in [5, 5.41) is 5.79. The Morgan fingerprint density at radius 3 is 1.94 bits per heavy atom. The molecule has 2 aliphatic rings. The van der Waals surface area contributed by atoms with Gasteiger partial charge in [-0.05, 0) is 62.5 Å². The predicted octanol–water partition coefficient (Wildman–Crippen LogP) is 5.14. The summed E-state index contributed by atoms with van der Waals surface area (Å²) in [6.07, 6.45) is -2.75. The average Bonchev–Trinajstić information content (AvgIpc) is 2.82. The van der Waals surface area contributed by atoms with Gasteiger partial charge in [0.2, 0.25) is 0 Å². The van der Waals surface area contributed by atoms with Gasteiger partial charge in [-0.1, -0.05) is 19.3 Å². The lowest BCUT2D eigenvalue weighted by Gasteiger charge is -2.42. The van der Waals surface area contributed by atoms with Crippen molar-refractivity contribution in [3.63, 3.8) is 0 Å². The highest BCUT2D eigenvalue weighted by Gasteiger charge is 2.37. The molecular weight excluding hydrogens is 476 g/mol. The Bertz CT molecular complexity index is 1080. The third-order valence-corrected chi connectivity index (χ3v) is 6.95. The van der Waals surface area contributed by atoms with Crippen molar-refractivity contribution in [3.05, 3.63) is 55.3 Å². The lowest BCUT2D eigenvalue weighted by molar-refractivity contribution is -0.143. The maximum Gasteiger partial charge on any atom is 0.416 e. The summed E-state index contributed by atoms with van der Waals surface area (Å²) in [6, 6.07) is 1.41. The van der Waals surface area contributed by atoms with Crippen molar-refractivity contribution in [3.8, 4) is 0 Å². The minimum Gasteiger partial charge on any atom is -0.376 e. The SMILES string of the molecule is O=c1c(NCc2cc(C(F)(F)F)cc(C(F)(F)F)c2)c(N[C@@H]2CCCC[C@H]2N2CCCCC2)c1=O. The van der Waals surface area contributed by atoms with Crippen LogP contribution >= 0.6 is 0 Å². The van der Waals surface area contributed by atoms with E-state index in [4.69, 9.17) is 0 Å². The van der Waals surface area contributed by atoms with Gasteiger partial charge in [-0.25, -0.2) is 0 Å². The molecule has 0 amide bonds. The van der Waals surface area contributed by atoms with Gasteiger partial charge in [0.25, 0.3) is 10.9 Å². The fraction of sp³-hybridized carbons (Fsp3) is 0.583. The second-order valence-corrected chi connectivity index (χ2v) is 9.38. The topological polar surface area (TPSA) is 61.4 Å². The molecule has 0 aromatic heterocycles. The number of likely N-dealkylation sites (tertiary alicyclic amines) is 1. The number of anilines is 2. The molecule has 2 fully saturated rings. The standard InChI is InChI=1S/C24H27F6N3O2/c25-23(26,27)15-10-14(11-16(12-15)24(28,29)30)13-31-19-20(22(35)21(19)34)32-17-6-2-3-7-18(17)33-8-4-1-5-9-33/h10-12,17-18,31-32H,1-9,13H2/t17-,18-/m1/s1. The van der Waals surface area contributed by atoms with Gasteiger partial charge in [-0.3, -0.25) is 14.5 Å². The number of halogens is 6. The van der Waals surface area contributed by atoms with E-state index in [1.54, 1.807) is 0 Å². The summed E-state index contributed by atoms with van der Waals surface area (Å²) in [6.45, 7) is 1.47. The highest BCUT2D eigenvalue weighted by Crippen LogP contribution is 2.36. The number of rotatable bonds is 6. The smallest absolute Gasteiger partial charge is 0.376 e. The highest BCUT2D eigenvalue weighted by atomic mass is 19.4. The Morgan fingerprint density at radius 2 is 1.34 bits per heavy atom. The maximum atomic E-state index is 13.1. The quantitative estimate of drug-likeness (QED) is 0.422. The van der Waals surface area contributed by atoms with E-state index in [0.29, 0.717) is 12.1 Å². The van der Waals surface area contributed by atoms with Crippen LogP contribution in [0.3, 0.4) is 0 Å². The van der Waals surface area contributed by atoms with E-state index in [9.17, 15) is 35.9 Å². The molecule has 2 aromatic rings. The van der Waals surface area contributed by atoms with Crippen molar-refractivity contribution < 1.29 is 26.3 Å². The van der Waals surface area contributed by atoms with Gasteiger partial charge in [0.1, 0.15) is 11.4 Å². The van der Waals surface area contributed by atoms with Gasteiger partial charge in [-0.2, -0.15) is 26.3 Å². The summed E-state index contributed by atoms with van der Waals surface area (Å²) in [5.41, 5.74) is -4.75. The third-order valence-electron chi connectivity index (χ3n) is 6.95. The van der Waals surface area contributed by atoms with Crippen molar-refractivity contribution in [1.29, 1.82) is 0 Å². The molecule has 0 unspecified atom stereocenters. The first-order chi connectivity index (χ1) is 16.4. The molecule has 0 spiro atoms. The van der Waals surface area contributed by atoms with E-state index in [1.807, 2.05) is 0 Å². The predicted molar refractivity (Wildman–Crippen MR) is 120 cm³/mol. The molecule has 1 saturated heterocycles. The van der Waals surface area contributed by atoms with Crippen LogP contribution in [0.2, 0.25) is 0 Å². The lowest BCUT2D eigenvalue weighted by Crippen LogP contribution is -2.52. The fourth-order valence-electron chi connectivity index (χ4n) is 5.16. The molecule has 1 aliphatic heterocycles. The fourth-order valence-corrected chi connectivity index (χ4v) is 5.16. The maximum absolute atomic E-state index is 13.1. The van der Waals surface area contributed by atoms with Crippen molar-refractivity contribution >= 4 is 11.4 Å². The number of benzene rings is 1. The monoisotopic (exact) mass is 503 g/mol. The molecule has 2 N–H and O–H groups in total. The molecule has 1 aliphatic carbocycles. The van der Waals surface area contributed by atoms with Crippen LogP contribution in [-0.2, 0) is 18.9 Å². The average molecular weight is 503 g/mol. The molecule has 0 radical (unpaired) electrons. The number of nitrogens with one attached hydrogen (secondary N) is 2. The first-order valence-electron chi connectivity index (χ1n) is 11.8. The van der Waals surface area contributed by atoms with Crippen molar-refractivity contribution in [1.82, 2.24) is 4.90 Å². The van der Waals surface area contributed by atoms with Gasteiger partial charge in [0.05, 0.1) is 11.1 Å². The number of hydrogen-bond acceptors (Lipinski definition) is 5. The summed E-state index contributed by atoms with van der Waals surface area (Å²) in [4.78, 5) is 26.9. The third kappa shape index (κ3) is 5.65. The normalized spacial score (nSPS) is 22.3. The van der Waals surface area contributed by atoms with Crippen LogP contribution in [0, 0.1) is 0 Å². The number of piperidine rings is 1. The second-order valence-electron chi connectivity index (χ2n) is 9.38. The molecule has 0 bridgehead atoms. The molecule has 2 atom stereocenters. The molecule has 5 nitrogen and oxygen atoms in total. The second kappa shape index (κ2) is 9.83. The van der Waals surface area contributed by atoms with Gasteiger partial charge in [-0.15, -0.1) is 0 Å². The van der Waals surface area contributed by atoms with Crippen molar-refractivity contribution in [2.24, 2.45) is 0 Å². The molecule has 4 rings (SSSR count). The van der Waals surface area contributed by atoms with E-state index < -0.39 is 40.9 Å². The first kappa shape index (κ1) is 25.5. The zero-order valence-corrected chi connectivity index (χ0v) is 19.0. The lowest BCUT2D eigenvalue weighted by atomic mass is 9.87. The van der Waals surface area contributed by atoms with Crippen LogP contribution in [0.4, 0.5) is 37.7 Å². The van der Waals surface area contributed by atoms with Crippen LogP contribution in [0.1, 0.15) is 61.6 Å². The van der Waals surface area contributed by atoms with Crippen molar-refractivity contribution in [2.45, 2.75) is 75.9 Å². The highest BCUT2D eigenvalue weighted by molar-refractivity contribution is 5.74. The Morgan fingerprint density at radius 1 is 0.771 bits per heavy atom. The zero-order valence-electron chi connectivity index (χ0n) is 19.0. The van der Waals surface area contributed by atoms with E-state index >= 15 is 0 Å². The Kier molecular flexibility index (Phi) is 7.17. The van der Waals surface area contributed by atoms with Crippen LogP contribution < -0.4 is 21.5 Å². The summed E-state index contributed by atoms with van der Waals surface area (Å²) in [7, 11) is 0. The van der Waals surface area contributed by atoms with Gasteiger partial charge >= 0.3 is 12.4 Å². The van der Waals surface area contributed by atoms with E-state index in [1.165, 1.54) is 6.42 Å². The van der Waals surface area contributed by atoms with Gasteiger partial charge in [0.15, 0.2) is 0 Å². The number of hydrogen-bond donors (Lipinski definition) is 2. The molecule has 11 heteroatoms. The van der Waals surface area contributed by atoms with E-state index in [2.05, 4.69) is 15.5 Å².